The monoisotopic (exact) mass is 355 g/mol. The largest absolute Gasteiger partial charge is 0.340 e. The lowest BCUT2D eigenvalue weighted by atomic mass is 10.0. The molecule has 1 N–H and O–H groups in total. The molecule has 0 spiro atoms. The first-order valence-electron chi connectivity index (χ1n) is 6.14. The number of nitrogens with one attached hydrogen (secondary N) is 1. The molecule has 96 valence electrons. The van der Waals surface area contributed by atoms with E-state index in [9.17, 15) is 0 Å². The van der Waals surface area contributed by atoms with Gasteiger partial charge < -0.3 is 9.88 Å². The Morgan fingerprint density at radius 2 is 2.06 bits per heavy atom. The van der Waals surface area contributed by atoms with Crippen LogP contribution in [-0.2, 0) is 13.5 Å². The summed E-state index contributed by atoms with van der Waals surface area (Å²) in [6.07, 6.45) is 4.91. The molecule has 0 aliphatic rings. The maximum absolute atomic E-state index is 4.45. The maximum Gasteiger partial charge on any atom is 0.0947 e. The molecule has 0 radical (unpaired) electrons. The molecule has 1 aromatic heterocycles. The number of hydrogen-bond donors (Lipinski definition) is 1. The van der Waals surface area contributed by atoms with Gasteiger partial charge >= 0.3 is 0 Å². The second kappa shape index (κ2) is 6.33. The summed E-state index contributed by atoms with van der Waals surface area (Å²) < 4.78 is 3.27. The van der Waals surface area contributed by atoms with Crippen LogP contribution in [0, 0.1) is 3.57 Å². The zero-order valence-corrected chi connectivity index (χ0v) is 12.9. The van der Waals surface area contributed by atoms with Crippen LogP contribution in [0.1, 0.15) is 24.2 Å². The van der Waals surface area contributed by atoms with Crippen LogP contribution in [0.4, 0.5) is 0 Å². The van der Waals surface area contributed by atoms with E-state index in [1.165, 1.54) is 9.13 Å². The lowest BCUT2D eigenvalue weighted by Gasteiger charge is -2.15. The fourth-order valence-corrected chi connectivity index (χ4v) is 2.36. The van der Waals surface area contributed by atoms with Gasteiger partial charge in [-0.2, -0.15) is 0 Å². The molecule has 2 rings (SSSR count). The Hall–Kier alpha value is -0.880. The molecule has 2 aromatic rings. The van der Waals surface area contributed by atoms with Crippen molar-refractivity contribution in [1.82, 2.24) is 14.9 Å². The molecule has 3 nitrogen and oxygen atoms in total. The van der Waals surface area contributed by atoms with E-state index in [4.69, 9.17) is 0 Å². The SMILES string of the molecule is CCNC(Cc1ccc(I)cc1)c1cn(C)cn1. The number of hydrogen-bond acceptors (Lipinski definition) is 2. The van der Waals surface area contributed by atoms with E-state index < -0.39 is 0 Å². The van der Waals surface area contributed by atoms with E-state index in [2.05, 4.69) is 70.3 Å². The predicted molar refractivity (Wildman–Crippen MR) is 82.5 cm³/mol. The number of aryl methyl sites for hydroxylation is 1. The minimum absolute atomic E-state index is 0.288. The van der Waals surface area contributed by atoms with Crippen molar-refractivity contribution in [2.45, 2.75) is 19.4 Å². The Bertz CT molecular complexity index is 490. The molecule has 4 heteroatoms. The van der Waals surface area contributed by atoms with Gasteiger partial charge in [-0.1, -0.05) is 19.1 Å². The quantitative estimate of drug-likeness (QED) is 0.836. The van der Waals surface area contributed by atoms with Gasteiger partial charge in [0.1, 0.15) is 0 Å². The minimum Gasteiger partial charge on any atom is -0.340 e. The zero-order chi connectivity index (χ0) is 13.0. The summed E-state index contributed by atoms with van der Waals surface area (Å²) in [5, 5.41) is 3.50. The van der Waals surface area contributed by atoms with Gasteiger partial charge in [-0.25, -0.2) is 4.98 Å². The van der Waals surface area contributed by atoms with Gasteiger partial charge in [0, 0.05) is 16.8 Å². The van der Waals surface area contributed by atoms with Crippen molar-refractivity contribution in [3.8, 4) is 0 Å². The van der Waals surface area contributed by atoms with E-state index in [0.717, 1.165) is 18.7 Å². The summed E-state index contributed by atoms with van der Waals surface area (Å²) in [6.45, 7) is 3.08. The standard InChI is InChI=1S/C14H18IN3/c1-3-16-13(14-9-18(2)10-17-14)8-11-4-6-12(15)7-5-11/h4-7,9-10,13,16H,3,8H2,1-2H3. The maximum atomic E-state index is 4.45. The van der Waals surface area contributed by atoms with Crippen molar-refractivity contribution in [1.29, 1.82) is 0 Å². The summed E-state index contributed by atoms with van der Waals surface area (Å²) in [6, 6.07) is 8.97. The Balaban J connectivity index is 2.13. The van der Waals surface area contributed by atoms with Gasteiger partial charge in [0.2, 0.25) is 0 Å². The second-order valence-corrected chi connectivity index (χ2v) is 5.65. The van der Waals surface area contributed by atoms with Crippen LogP contribution in [0.2, 0.25) is 0 Å². The number of halogens is 1. The van der Waals surface area contributed by atoms with Crippen molar-refractivity contribution < 1.29 is 0 Å². The van der Waals surface area contributed by atoms with Crippen molar-refractivity contribution >= 4 is 22.6 Å². The number of likely N-dealkylation sites (N-methyl/N-ethyl adjacent to an activating group) is 1. The van der Waals surface area contributed by atoms with Gasteiger partial charge in [0.25, 0.3) is 0 Å². The van der Waals surface area contributed by atoms with E-state index in [1.807, 2.05) is 17.9 Å². The van der Waals surface area contributed by atoms with Gasteiger partial charge in [0.05, 0.1) is 18.1 Å². The fraction of sp³-hybridized carbons (Fsp3) is 0.357. The average Bonchev–Trinajstić information content (AvgIpc) is 2.78. The Kier molecular flexibility index (Phi) is 4.77. The highest BCUT2D eigenvalue weighted by molar-refractivity contribution is 14.1. The van der Waals surface area contributed by atoms with Crippen LogP contribution < -0.4 is 5.32 Å². The summed E-state index contributed by atoms with van der Waals surface area (Å²) >= 11 is 2.33. The predicted octanol–water partition coefficient (Wildman–Crippen LogP) is 2.92. The van der Waals surface area contributed by atoms with E-state index in [0.29, 0.717) is 0 Å². The van der Waals surface area contributed by atoms with Crippen LogP contribution >= 0.6 is 22.6 Å². The smallest absolute Gasteiger partial charge is 0.0947 e. The third-order valence-corrected chi connectivity index (χ3v) is 3.60. The first-order chi connectivity index (χ1) is 8.69. The van der Waals surface area contributed by atoms with E-state index in [-0.39, 0.29) is 6.04 Å². The number of aromatic nitrogens is 2. The second-order valence-electron chi connectivity index (χ2n) is 4.40. The molecule has 1 unspecified atom stereocenters. The Morgan fingerprint density at radius 1 is 1.33 bits per heavy atom. The third-order valence-electron chi connectivity index (χ3n) is 2.89. The highest BCUT2D eigenvalue weighted by Crippen LogP contribution is 2.17. The Morgan fingerprint density at radius 3 is 2.61 bits per heavy atom. The van der Waals surface area contributed by atoms with Crippen LogP contribution in [0.3, 0.4) is 0 Å². The molecule has 1 heterocycles. The topological polar surface area (TPSA) is 29.9 Å². The van der Waals surface area contributed by atoms with Crippen LogP contribution in [0.5, 0.6) is 0 Å². The number of rotatable bonds is 5. The minimum atomic E-state index is 0.288. The molecule has 1 atom stereocenters. The number of benzene rings is 1. The molecule has 0 aliphatic carbocycles. The summed E-state index contributed by atoms with van der Waals surface area (Å²) in [5.41, 5.74) is 2.45. The molecular weight excluding hydrogens is 337 g/mol. The molecular formula is C14H18IN3. The fourth-order valence-electron chi connectivity index (χ4n) is 2.00. The van der Waals surface area contributed by atoms with Crippen LogP contribution in [0.15, 0.2) is 36.8 Å². The van der Waals surface area contributed by atoms with Crippen LogP contribution in [-0.4, -0.2) is 16.1 Å². The van der Waals surface area contributed by atoms with E-state index in [1.54, 1.807) is 0 Å². The molecule has 0 saturated carbocycles. The summed E-state index contributed by atoms with van der Waals surface area (Å²) in [7, 11) is 2.00. The summed E-state index contributed by atoms with van der Waals surface area (Å²) in [5.74, 6) is 0. The lowest BCUT2D eigenvalue weighted by Crippen LogP contribution is -2.23. The van der Waals surface area contributed by atoms with Gasteiger partial charge in [-0.3, -0.25) is 0 Å². The van der Waals surface area contributed by atoms with Gasteiger partial charge in [0.15, 0.2) is 0 Å². The van der Waals surface area contributed by atoms with Gasteiger partial charge in [-0.15, -0.1) is 0 Å². The highest BCUT2D eigenvalue weighted by Gasteiger charge is 2.13. The molecule has 0 bridgehead atoms. The van der Waals surface area contributed by atoms with Crippen molar-refractivity contribution in [2.24, 2.45) is 7.05 Å². The van der Waals surface area contributed by atoms with Crippen molar-refractivity contribution in [2.75, 3.05) is 6.54 Å². The average molecular weight is 355 g/mol. The summed E-state index contributed by atoms with van der Waals surface area (Å²) in [4.78, 5) is 4.45. The number of imidazole rings is 1. The van der Waals surface area contributed by atoms with Gasteiger partial charge in [-0.05, 0) is 53.3 Å². The molecule has 0 amide bonds. The van der Waals surface area contributed by atoms with Crippen molar-refractivity contribution in [3.05, 3.63) is 51.6 Å². The number of nitrogens with zero attached hydrogens (tertiary/aromatic N) is 2. The molecule has 0 saturated heterocycles. The third kappa shape index (κ3) is 3.55. The lowest BCUT2D eigenvalue weighted by molar-refractivity contribution is 0.538. The van der Waals surface area contributed by atoms with Crippen molar-refractivity contribution in [3.63, 3.8) is 0 Å². The van der Waals surface area contributed by atoms with E-state index >= 15 is 0 Å². The van der Waals surface area contributed by atoms with Crippen LogP contribution in [0.25, 0.3) is 0 Å². The zero-order valence-electron chi connectivity index (χ0n) is 10.7. The molecule has 0 aliphatic heterocycles. The first-order valence-corrected chi connectivity index (χ1v) is 7.22. The Labute approximate surface area is 122 Å². The first kappa shape index (κ1) is 13.5. The molecule has 18 heavy (non-hydrogen) atoms. The molecule has 1 aromatic carbocycles. The normalized spacial score (nSPS) is 12.6. The molecule has 0 fully saturated rings. The highest BCUT2D eigenvalue weighted by atomic mass is 127.